The van der Waals surface area contributed by atoms with Crippen molar-refractivity contribution in [3.8, 4) is 5.75 Å². The van der Waals surface area contributed by atoms with Gasteiger partial charge in [0.2, 0.25) is 0 Å². The molecule has 24 heavy (non-hydrogen) atoms. The van der Waals surface area contributed by atoms with Gasteiger partial charge in [-0.15, -0.1) is 11.3 Å². The van der Waals surface area contributed by atoms with E-state index < -0.39 is 0 Å². The molecule has 1 aromatic carbocycles. The van der Waals surface area contributed by atoms with Crippen LogP contribution in [-0.2, 0) is 11.3 Å². The molecule has 126 valence electrons. The summed E-state index contributed by atoms with van der Waals surface area (Å²) in [6.07, 6.45) is 1.60. The van der Waals surface area contributed by atoms with Crippen molar-refractivity contribution in [1.29, 1.82) is 0 Å². The molecular weight excluding hydrogens is 324 g/mol. The molecule has 1 fully saturated rings. The van der Waals surface area contributed by atoms with Gasteiger partial charge in [-0.2, -0.15) is 0 Å². The Morgan fingerprint density at radius 2 is 2.08 bits per heavy atom. The van der Waals surface area contributed by atoms with Crippen molar-refractivity contribution in [2.45, 2.75) is 31.9 Å². The number of hydrogen-bond acceptors (Lipinski definition) is 5. The minimum absolute atomic E-state index is 0.0427. The van der Waals surface area contributed by atoms with Gasteiger partial charge < -0.3 is 14.4 Å². The molecule has 2 aromatic rings. The maximum absolute atomic E-state index is 13.1. The molecule has 1 saturated heterocycles. The molecule has 3 heterocycles. The molecule has 5 nitrogen and oxygen atoms in total. The number of ether oxygens (including phenoxy) is 2. The minimum Gasteiger partial charge on any atom is -0.485 e. The highest BCUT2D eigenvalue weighted by atomic mass is 32.1. The molecule has 0 atom stereocenters. The van der Waals surface area contributed by atoms with Gasteiger partial charge >= 0.3 is 0 Å². The fraction of sp³-hybridized carbons (Fsp3) is 0.444. The maximum atomic E-state index is 13.1. The lowest BCUT2D eigenvalue weighted by Gasteiger charge is -2.38. The van der Waals surface area contributed by atoms with Crippen molar-refractivity contribution in [2.24, 2.45) is 0 Å². The van der Waals surface area contributed by atoms with Crippen LogP contribution in [0.2, 0.25) is 0 Å². The van der Waals surface area contributed by atoms with Crippen LogP contribution >= 0.6 is 11.3 Å². The first-order valence-electron chi connectivity index (χ1n) is 8.21. The SMILES string of the molecule is Cc1ncsc1C(=O)N1Cc2ccccc2OC2(CCOCC2)C1. The van der Waals surface area contributed by atoms with E-state index in [1.807, 2.05) is 36.1 Å². The largest absolute Gasteiger partial charge is 0.485 e. The second-order valence-electron chi connectivity index (χ2n) is 6.43. The zero-order valence-corrected chi connectivity index (χ0v) is 14.5. The molecule has 2 aliphatic rings. The minimum atomic E-state index is -0.362. The van der Waals surface area contributed by atoms with Gasteiger partial charge in [-0.05, 0) is 13.0 Å². The lowest BCUT2D eigenvalue weighted by atomic mass is 9.93. The summed E-state index contributed by atoms with van der Waals surface area (Å²) >= 11 is 1.41. The predicted molar refractivity (Wildman–Crippen MR) is 91.4 cm³/mol. The van der Waals surface area contributed by atoms with Crippen LogP contribution in [0, 0.1) is 6.92 Å². The number of para-hydroxylation sites is 1. The van der Waals surface area contributed by atoms with Gasteiger partial charge in [0.25, 0.3) is 5.91 Å². The Kier molecular flexibility index (Phi) is 4.02. The summed E-state index contributed by atoms with van der Waals surface area (Å²) in [7, 11) is 0. The van der Waals surface area contributed by atoms with Crippen LogP contribution in [0.25, 0.3) is 0 Å². The third kappa shape index (κ3) is 2.80. The maximum Gasteiger partial charge on any atom is 0.266 e. The average molecular weight is 344 g/mol. The van der Waals surface area contributed by atoms with Gasteiger partial charge in [0.15, 0.2) is 0 Å². The fourth-order valence-corrected chi connectivity index (χ4v) is 4.18. The van der Waals surface area contributed by atoms with Gasteiger partial charge in [-0.3, -0.25) is 4.79 Å². The number of fused-ring (bicyclic) bond motifs is 1. The van der Waals surface area contributed by atoms with Gasteiger partial charge in [-0.25, -0.2) is 4.98 Å². The number of nitrogens with zero attached hydrogens (tertiary/aromatic N) is 2. The first-order valence-corrected chi connectivity index (χ1v) is 9.09. The van der Waals surface area contributed by atoms with Gasteiger partial charge in [0.05, 0.1) is 31.0 Å². The molecule has 4 rings (SSSR count). The number of benzene rings is 1. The Bertz CT molecular complexity index is 752. The van der Waals surface area contributed by atoms with E-state index >= 15 is 0 Å². The monoisotopic (exact) mass is 344 g/mol. The summed E-state index contributed by atoms with van der Waals surface area (Å²) in [6, 6.07) is 8.01. The quantitative estimate of drug-likeness (QED) is 0.798. The highest BCUT2D eigenvalue weighted by Crippen LogP contribution is 2.35. The summed E-state index contributed by atoms with van der Waals surface area (Å²) in [4.78, 5) is 19.9. The molecule has 0 bridgehead atoms. The summed E-state index contributed by atoms with van der Waals surface area (Å²) in [6.45, 7) is 4.37. The number of aromatic nitrogens is 1. The molecule has 0 aliphatic carbocycles. The van der Waals surface area contributed by atoms with Crippen LogP contribution in [0.15, 0.2) is 29.8 Å². The van der Waals surface area contributed by atoms with Crippen LogP contribution in [0.5, 0.6) is 5.75 Å². The zero-order valence-electron chi connectivity index (χ0n) is 13.7. The number of rotatable bonds is 1. The second-order valence-corrected chi connectivity index (χ2v) is 7.29. The standard InChI is InChI=1S/C18H20N2O3S/c1-13-16(24-12-19-13)17(21)20-10-14-4-2-3-5-15(14)23-18(11-20)6-8-22-9-7-18/h2-5,12H,6-11H2,1H3. The van der Waals surface area contributed by atoms with Crippen molar-refractivity contribution in [3.05, 3.63) is 45.9 Å². The molecule has 0 saturated carbocycles. The van der Waals surface area contributed by atoms with Gasteiger partial charge in [0.1, 0.15) is 16.2 Å². The molecule has 1 spiro atoms. The Hall–Kier alpha value is -1.92. The third-order valence-corrected chi connectivity index (χ3v) is 5.69. The molecule has 0 radical (unpaired) electrons. The van der Waals surface area contributed by atoms with E-state index in [0.717, 1.165) is 34.7 Å². The van der Waals surface area contributed by atoms with E-state index in [1.54, 1.807) is 5.51 Å². The Balaban J connectivity index is 1.71. The highest BCUT2D eigenvalue weighted by molar-refractivity contribution is 7.11. The van der Waals surface area contributed by atoms with Crippen molar-refractivity contribution in [2.75, 3.05) is 19.8 Å². The lowest BCUT2D eigenvalue weighted by Crippen LogP contribution is -2.50. The van der Waals surface area contributed by atoms with Crippen LogP contribution in [0.4, 0.5) is 0 Å². The van der Waals surface area contributed by atoms with E-state index in [0.29, 0.717) is 26.3 Å². The number of carbonyl (C=O) groups is 1. The summed E-state index contributed by atoms with van der Waals surface area (Å²) in [5.41, 5.74) is 3.22. The molecule has 6 heteroatoms. The summed E-state index contributed by atoms with van der Waals surface area (Å²) < 4.78 is 11.9. The number of carbonyl (C=O) groups excluding carboxylic acids is 1. The van der Waals surface area contributed by atoms with Crippen LogP contribution in [0.1, 0.15) is 33.8 Å². The Morgan fingerprint density at radius 1 is 1.29 bits per heavy atom. The van der Waals surface area contributed by atoms with Crippen molar-refractivity contribution in [3.63, 3.8) is 0 Å². The van der Waals surface area contributed by atoms with Crippen LogP contribution in [0.3, 0.4) is 0 Å². The number of amides is 1. The van der Waals surface area contributed by atoms with Crippen molar-refractivity contribution < 1.29 is 14.3 Å². The molecule has 2 aliphatic heterocycles. The van der Waals surface area contributed by atoms with Gasteiger partial charge in [0, 0.05) is 24.9 Å². The number of aryl methyl sites for hydroxylation is 1. The Labute approximate surface area is 145 Å². The summed E-state index contributed by atoms with van der Waals surface area (Å²) in [5, 5.41) is 0. The fourth-order valence-electron chi connectivity index (χ4n) is 3.41. The predicted octanol–water partition coefficient (Wildman–Crippen LogP) is 3.04. The van der Waals surface area contributed by atoms with Crippen molar-refractivity contribution >= 4 is 17.2 Å². The van der Waals surface area contributed by atoms with E-state index in [2.05, 4.69) is 4.98 Å². The highest BCUT2D eigenvalue weighted by Gasteiger charge is 2.41. The third-order valence-electron chi connectivity index (χ3n) is 4.77. The molecule has 1 amide bonds. The number of thiazole rings is 1. The lowest BCUT2D eigenvalue weighted by molar-refractivity contribution is -0.0550. The van der Waals surface area contributed by atoms with E-state index in [1.165, 1.54) is 11.3 Å². The van der Waals surface area contributed by atoms with Gasteiger partial charge in [-0.1, -0.05) is 18.2 Å². The summed E-state index contributed by atoms with van der Waals surface area (Å²) in [5.74, 6) is 0.928. The molecule has 0 N–H and O–H groups in total. The first kappa shape index (κ1) is 15.6. The van der Waals surface area contributed by atoms with Crippen molar-refractivity contribution in [1.82, 2.24) is 9.88 Å². The van der Waals surface area contributed by atoms with Crippen LogP contribution in [-0.4, -0.2) is 41.2 Å². The molecular formula is C18H20N2O3S. The molecule has 1 aromatic heterocycles. The normalized spacial score (nSPS) is 19.5. The van der Waals surface area contributed by atoms with E-state index in [4.69, 9.17) is 9.47 Å². The zero-order chi connectivity index (χ0) is 16.6. The van der Waals surface area contributed by atoms with E-state index in [-0.39, 0.29) is 11.5 Å². The smallest absolute Gasteiger partial charge is 0.266 e. The Morgan fingerprint density at radius 3 is 2.83 bits per heavy atom. The topological polar surface area (TPSA) is 51.7 Å². The number of hydrogen-bond donors (Lipinski definition) is 0. The molecule has 0 unspecified atom stereocenters. The second kappa shape index (κ2) is 6.18. The average Bonchev–Trinajstić information content (AvgIpc) is 2.95. The van der Waals surface area contributed by atoms with E-state index in [9.17, 15) is 4.79 Å². The van der Waals surface area contributed by atoms with Crippen LogP contribution < -0.4 is 4.74 Å². The first-order chi connectivity index (χ1) is 11.7.